The standard InChI is InChI=1S/C24H16ClFN2O.C4H6N2/c1-3-15-5-4-6-17(13-15)19-14-22(29)28(2)21-12-11-20(27-24(19)21)23(26)16-7-9-18(25)10-8-16;1-6-3-2-5-4-6/h1,4-14,23H,2H3;2-4H,1H3. The summed E-state index contributed by atoms with van der Waals surface area (Å²) in [4.78, 5) is 20.8. The number of pyridine rings is 2. The van der Waals surface area contributed by atoms with Crippen LogP contribution in [0.1, 0.15) is 23.0 Å². The number of rotatable bonds is 3. The van der Waals surface area contributed by atoms with Crippen LogP contribution in [0, 0.1) is 12.3 Å². The van der Waals surface area contributed by atoms with Crippen LogP contribution >= 0.6 is 11.6 Å². The Morgan fingerprint density at radius 2 is 1.83 bits per heavy atom. The van der Waals surface area contributed by atoms with E-state index in [2.05, 4.69) is 15.9 Å². The number of hydrogen-bond donors (Lipinski definition) is 0. The summed E-state index contributed by atoms with van der Waals surface area (Å²) in [5.74, 6) is 2.59. The zero-order valence-electron chi connectivity index (χ0n) is 19.2. The van der Waals surface area contributed by atoms with Crippen molar-refractivity contribution in [2.24, 2.45) is 14.1 Å². The van der Waals surface area contributed by atoms with Gasteiger partial charge in [0.15, 0.2) is 6.17 Å². The molecule has 1 unspecified atom stereocenters. The summed E-state index contributed by atoms with van der Waals surface area (Å²) in [5.41, 5.74) is 3.76. The largest absolute Gasteiger partial charge is 0.341 e. The van der Waals surface area contributed by atoms with Crippen LogP contribution in [0.3, 0.4) is 0 Å². The molecular formula is C28H22ClFN4O. The van der Waals surface area contributed by atoms with Gasteiger partial charge < -0.3 is 9.13 Å². The molecule has 0 amide bonds. The fourth-order valence-electron chi connectivity index (χ4n) is 3.61. The van der Waals surface area contributed by atoms with Gasteiger partial charge in [-0.1, -0.05) is 41.8 Å². The molecule has 3 aromatic heterocycles. The van der Waals surface area contributed by atoms with Gasteiger partial charge in [0.1, 0.15) is 0 Å². The lowest BCUT2D eigenvalue weighted by molar-refractivity contribution is 0.394. The zero-order chi connectivity index (χ0) is 24.9. The van der Waals surface area contributed by atoms with Crippen LogP contribution in [-0.2, 0) is 14.1 Å². The monoisotopic (exact) mass is 484 g/mol. The van der Waals surface area contributed by atoms with E-state index in [1.54, 1.807) is 56.0 Å². The van der Waals surface area contributed by atoms with Gasteiger partial charge in [-0.15, -0.1) is 6.42 Å². The highest BCUT2D eigenvalue weighted by molar-refractivity contribution is 6.30. The molecular weight excluding hydrogens is 463 g/mol. The minimum absolute atomic E-state index is 0.178. The minimum atomic E-state index is -1.42. The van der Waals surface area contributed by atoms with Crippen molar-refractivity contribution in [3.05, 3.63) is 118 Å². The van der Waals surface area contributed by atoms with E-state index in [9.17, 15) is 4.79 Å². The number of fused-ring (bicyclic) bond motifs is 1. The lowest BCUT2D eigenvalue weighted by Gasteiger charge is -2.14. The van der Waals surface area contributed by atoms with Crippen molar-refractivity contribution in [1.29, 1.82) is 0 Å². The van der Waals surface area contributed by atoms with Crippen LogP contribution in [-0.4, -0.2) is 19.1 Å². The Kier molecular flexibility index (Phi) is 7.09. The van der Waals surface area contributed by atoms with E-state index in [1.807, 2.05) is 42.1 Å². The number of aromatic nitrogens is 4. The molecule has 1 atom stereocenters. The smallest absolute Gasteiger partial charge is 0.251 e. The van der Waals surface area contributed by atoms with E-state index in [4.69, 9.17) is 18.0 Å². The maximum atomic E-state index is 15.2. The zero-order valence-corrected chi connectivity index (χ0v) is 19.9. The second-order valence-electron chi connectivity index (χ2n) is 7.93. The maximum Gasteiger partial charge on any atom is 0.251 e. The molecule has 0 aliphatic carbocycles. The number of terminal acetylenes is 1. The van der Waals surface area contributed by atoms with Gasteiger partial charge in [-0.2, -0.15) is 0 Å². The van der Waals surface area contributed by atoms with Crippen molar-refractivity contribution in [2.45, 2.75) is 6.17 Å². The SMILES string of the molecule is C#Cc1cccc(-c2cc(=O)n(C)c3ccc(C(F)c4ccc(Cl)cc4)nc23)c1.Cn1ccnc1. The van der Waals surface area contributed by atoms with Crippen molar-refractivity contribution in [3.8, 4) is 23.5 Å². The molecule has 7 heteroatoms. The number of hydrogen-bond acceptors (Lipinski definition) is 3. The second kappa shape index (κ2) is 10.4. The molecule has 3 heterocycles. The van der Waals surface area contributed by atoms with Crippen LogP contribution in [0.5, 0.6) is 0 Å². The lowest BCUT2D eigenvalue weighted by atomic mass is 10.0. The van der Waals surface area contributed by atoms with Gasteiger partial charge >= 0.3 is 0 Å². The summed E-state index contributed by atoms with van der Waals surface area (Å²) in [6, 6.07) is 18.7. The van der Waals surface area contributed by atoms with Crippen molar-refractivity contribution in [3.63, 3.8) is 0 Å². The average Bonchev–Trinajstić information content (AvgIpc) is 3.37. The predicted molar refractivity (Wildman–Crippen MR) is 138 cm³/mol. The highest BCUT2D eigenvalue weighted by atomic mass is 35.5. The van der Waals surface area contributed by atoms with E-state index in [-0.39, 0.29) is 11.3 Å². The molecule has 0 aliphatic heterocycles. The van der Waals surface area contributed by atoms with Crippen LogP contribution in [0.25, 0.3) is 22.2 Å². The molecule has 0 fully saturated rings. The van der Waals surface area contributed by atoms with Gasteiger partial charge in [-0.05, 0) is 47.5 Å². The first-order valence-electron chi connectivity index (χ1n) is 10.8. The molecule has 5 aromatic rings. The van der Waals surface area contributed by atoms with E-state index in [0.29, 0.717) is 32.7 Å². The van der Waals surface area contributed by atoms with Crippen LogP contribution in [0.2, 0.25) is 5.02 Å². The molecule has 0 spiro atoms. The molecule has 0 radical (unpaired) electrons. The topological polar surface area (TPSA) is 52.7 Å². The first-order chi connectivity index (χ1) is 16.9. The minimum Gasteiger partial charge on any atom is -0.341 e. The summed E-state index contributed by atoms with van der Waals surface area (Å²) < 4.78 is 18.5. The Morgan fingerprint density at radius 3 is 2.46 bits per heavy atom. The van der Waals surface area contributed by atoms with Gasteiger partial charge in [0.2, 0.25) is 0 Å². The molecule has 35 heavy (non-hydrogen) atoms. The highest BCUT2D eigenvalue weighted by Crippen LogP contribution is 2.31. The highest BCUT2D eigenvalue weighted by Gasteiger charge is 2.17. The van der Waals surface area contributed by atoms with Crippen molar-refractivity contribution >= 4 is 22.6 Å². The van der Waals surface area contributed by atoms with Gasteiger partial charge in [-0.3, -0.25) is 4.79 Å². The molecule has 0 N–H and O–H groups in total. The Labute approximate surface area is 207 Å². The predicted octanol–water partition coefficient (Wildman–Crippen LogP) is 5.71. The summed E-state index contributed by atoms with van der Waals surface area (Å²) in [6.07, 6.45) is 9.48. The molecule has 0 saturated heterocycles. The Hall–Kier alpha value is -4.21. The molecule has 0 saturated carbocycles. The molecule has 5 nitrogen and oxygen atoms in total. The summed E-state index contributed by atoms with van der Waals surface area (Å²) in [5, 5.41) is 0.540. The van der Waals surface area contributed by atoms with Crippen LogP contribution in [0.4, 0.5) is 4.39 Å². The summed E-state index contributed by atoms with van der Waals surface area (Å²) in [6.45, 7) is 0. The molecule has 0 aliphatic rings. The lowest BCUT2D eigenvalue weighted by Crippen LogP contribution is -2.17. The first-order valence-corrected chi connectivity index (χ1v) is 11.1. The third kappa shape index (κ3) is 5.32. The Morgan fingerprint density at radius 1 is 1.06 bits per heavy atom. The third-order valence-corrected chi connectivity index (χ3v) is 5.76. The number of nitrogens with zero attached hydrogens (tertiary/aromatic N) is 4. The number of benzene rings is 2. The van der Waals surface area contributed by atoms with E-state index < -0.39 is 6.17 Å². The van der Waals surface area contributed by atoms with Crippen molar-refractivity contribution in [1.82, 2.24) is 19.1 Å². The summed E-state index contributed by atoms with van der Waals surface area (Å²) in [7, 11) is 3.60. The quantitative estimate of drug-likeness (QED) is 0.308. The fourth-order valence-corrected chi connectivity index (χ4v) is 3.74. The second-order valence-corrected chi connectivity index (χ2v) is 8.36. The Balaban J connectivity index is 0.000000421. The van der Waals surface area contributed by atoms with Gasteiger partial charge in [0.25, 0.3) is 5.56 Å². The van der Waals surface area contributed by atoms with Gasteiger partial charge in [0, 0.05) is 48.7 Å². The van der Waals surface area contributed by atoms with Crippen molar-refractivity contribution < 1.29 is 4.39 Å². The molecule has 0 bridgehead atoms. The van der Waals surface area contributed by atoms with Gasteiger partial charge in [-0.25, -0.2) is 14.4 Å². The number of halogens is 2. The molecule has 5 rings (SSSR count). The summed E-state index contributed by atoms with van der Waals surface area (Å²) >= 11 is 5.90. The number of alkyl halides is 1. The number of imidazole rings is 1. The van der Waals surface area contributed by atoms with Crippen LogP contribution in [0.15, 0.2) is 90.2 Å². The fraction of sp³-hybridized carbons (Fsp3) is 0.107. The molecule has 2 aromatic carbocycles. The molecule has 174 valence electrons. The van der Waals surface area contributed by atoms with Crippen molar-refractivity contribution in [2.75, 3.05) is 0 Å². The van der Waals surface area contributed by atoms with E-state index in [1.165, 1.54) is 10.6 Å². The maximum absolute atomic E-state index is 15.2. The van der Waals surface area contributed by atoms with Crippen LogP contribution < -0.4 is 5.56 Å². The normalized spacial score (nSPS) is 11.4. The van der Waals surface area contributed by atoms with E-state index in [0.717, 1.165) is 5.56 Å². The van der Waals surface area contributed by atoms with Gasteiger partial charge in [0.05, 0.1) is 23.1 Å². The Bertz CT molecular complexity index is 1570. The van der Waals surface area contributed by atoms with E-state index >= 15 is 4.39 Å². The third-order valence-electron chi connectivity index (χ3n) is 5.51. The first kappa shape index (κ1) is 23.9. The number of aryl methyl sites for hydroxylation is 2. The average molecular weight is 485 g/mol.